The summed E-state index contributed by atoms with van der Waals surface area (Å²) in [5.41, 5.74) is 2.86. The molecule has 0 N–H and O–H groups in total. The quantitative estimate of drug-likeness (QED) is 0.236. The molecule has 4 rings (SSSR count). The second-order valence-electron chi connectivity index (χ2n) is 8.05. The number of rotatable bonds is 6. The van der Waals surface area contributed by atoms with Crippen LogP contribution in [-0.2, 0) is 11.3 Å². The average Bonchev–Trinajstić information content (AvgIpc) is 2.84. The summed E-state index contributed by atoms with van der Waals surface area (Å²) in [4.78, 5) is 40.7. The lowest BCUT2D eigenvalue weighted by Gasteiger charge is -2.29. The summed E-state index contributed by atoms with van der Waals surface area (Å²) in [6.45, 7) is 0.0903. The first-order valence-electron chi connectivity index (χ1n) is 10.6. The van der Waals surface area contributed by atoms with Gasteiger partial charge in [0.25, 0.3) is 17.5 Å². The number of nitrogens with zero attached hydrogens (tertiary/aromatic N) is 3. The van der Waals surface area contributed by atoms with Crippen LogP contribution >= 0.6 is 0 Å². The van der Waals surface area contributed by atoms with Crippen LogP contribution in [0.3, 0.4) is 0 Å². The van der Waals surface area contributed by atoms with Crippen LogP contribution in [0.5, 0.6) is 5.75 Å². The van der Waals surface area contributed by atoms with E-state index in [2.05, 4.69) is 0 Å². The molecule has 0 fully saturated rings. The number of fused-ring (bicyclic) bond motifs is 1. The predicted octanol–water partition coefficient (Wildman–Crippen LogP) is 4.39. The fourth-order valence-electron chi connectivity index (χ4n) is 3.92. The highest BCUT2D eigenvalue weighted by Crippen LogP contribution is 2.34. The van der Waals surface area contributed by atoms with Gasteiger partial charge in [0.05, 0.1) is 18.6 Å². The lowest BCUT2D eigenvalue weighted by molar-refractivity contribution is -0.384. The van der Waals surface area contributed by atoms with Crippen molar-refractivity contribution in [1.82, 2.24) is 4.90 Å². The maximum absolute atomic E-state index is 13.5. The fourth-order valence-corrected chi connectivity index (χ4v) is 3.92. The van der Waals surface area contributed by atoms with Gasteiger partial charge in [-0.05, 0) is 47.0 Å². The van der Waals surface area contributed by atoms with Crippen molar-refractivity contribution in [3.8, 4) is 5.75 Å². The maximum Gasteiger partial charge on any atom is 0.293 e. The van der Waals surface area contributed by atoms with Crippen molar-refractivity contribution in [2.45, 2.75) is 6.54 Å². The van der Waals surface area contributed by atoms with E-state index in [0.717, 1.165) is 5.56 Å². The molecule has 3 aromatic carbocycles. The average molecular weight is 457 g/mol. The van der Waals surface area contributed by atoms with E-state index in [1.165, 1.54) is 11.0 Å². The molecule has 2 amide bonds. The van der Waals surface area contributed by atoms with E-state index in [9.17, 15) is 19.7 Å². The zero-order valence-corrected chi connectivity index (χ0v) is 19.0. The van der Waals surface area contributed by atoms with Crippen molar-refractivity contribution in [2.75, 3.05) is 26.1 Å². The zero-order valence-electron chi connectivity index (χ0n) is 19.0. The predicted molar refractivity (Wildman–Crippen MR) is 130 cm³/mol. The Bertz CT molecular complexity index is 1310. The molecule has 0 bridgehead atoms. The smallest absolute Gasteiger partial charge is 0.293 e. The van der Waals surface area contributed by atoms with Crippen LogP contribution < -0.4 is 9.64 Å². The van der Waals surface area contributed by atoms with Gasteiger partial charge in [-0.2, -0.15) is 0 Å². The Morgan fingerprint density at radius 1 is 0.971 bits per heavy atom. The molecule has 0 aliphatic carbocycles. The van der Waals surface area contributed by atoms with Crippen molar-refractivity contribution in [2.24, 2.45) is 0 Å². The molecule has 1 aliphatic heterocycles. The lowest BCUT2D eigenvalue weighted by Crippen LogP contribution is -2.41. The molecule has 0 spiro atoms. The molecule has 1 heterocycles. The van der Waals surface area contributed by atoms with Crippen molar-refractivity contribution >= 4 is 34.8 Å². The highest BCUT2D eigenvalue weighted by atomic mass is 16.6. The minimum absolute atomic E-state index is 0.0675. The second kappa shape index (κ2) is 9.19. The first kappa shape index (κ1) is 22.7. The number of nitro groups is 1. The third-order valence-corrected chi connectivity index (χ3v) is 5.66. The van der Waals surface area contributed by atoms with Crippen molar-refractivity contribution in [3.05, 3.63) is 99.1 Å². The SMILES string of the molecule is COc1ccc(CN2C(=O)C(=Cc3ccc(N(C)C)c([N+](=O)[O-])c3)c3ccccc3C2=O)cc1. The van der Waals surface area contributed by atoms with Gasteiger partial charge >= 0.3 is 0 Å². The number of benzene rings is 3. The number of anilines is 1. The summed E-state index contributed by atoms with van der Waals surface area (Å²) in [5.74, 6) is -0.171. The first-order chi connectivity index (χ1) is 16.3. The summed E-state index contributed by atoms with van der Waals surface area (Å²) in [5, 5.41) is 11.6. The maximum atomic E-state index is 13.5. The summed E-state index contributed by atoms with van der Waals surface area (Å²) in [7, 11) is 5.02. The summed E-state index contributed by atoms with van der Waals surface area (Å²) in [6.07, 6.45) is 1.60. The number of imide groups is 1. The van der Waals surface area contributed by atoms with Gasteiger partial charge in [-0.25, -0.2) is 0 Å². The van der Waals surface area contributed by atoms with Gasteiger partial charge in [-0.15, -0.1) is 0 Å². The normalized spacial score (nSPS) is 14.2. The van der Waals surface area contributed by atoms with Crippen LogP contribution in [0, 0.1) is 10.1 Å². The third kappa shape index (κ3) is 4.25. The number of ether oxygens (including phenoxy) is 1. The standard InChI is InChI=1S/C26H23N3O5/c1-27(2)23-13-10-18(15-24(23)29(32)33)14-22-20-6-4-5-7-21(20)25(30)28(26(22)31)16-17-8-11-19(34-3)12-9-17/h4-15H,16H2,1-3H3. The largest absolute Gasteiger partial charge is 0.497 e. The summed E-state index contributed by atoms with van der Waals surface area (Å²) < 4.78 is 5.17. The van der Waals surface area contributed by atoms with Crippen LogP contribution in [0.1, 0.15) is 27.0 Å². The Hall–Kier alpha value is -4.46. The first-order valence-corrected chi connectivity index (χ1v) is 10.6. The van der Waals surface area contributed by atoms with Crippen LogP contribution in [0.25, 0.3) is 11.6 Å². The molecule has 0 saturated heterocycles. The number of carbonyl (C=O) groups is 2. The molecule has 0 aromatic heterocycles. The summed E-state index contributed by atoms with van der Waals surface area (Å²) >= 11 is 0. The van der Waals surface area contributed by atoms with E-state index >= 15 is 0 Å². The topological polar surface area (TPSA) is 93.0 Å². The number of hydrogen-bond acceptors (Lipinski definition) is 6. The fraction of sp³-hybridized carbons (Fsp3) is 0.154. The zero-order chi connectivity index (χ0) is 24.4. The molecule has 172 valence electrons. The van der Waals surface area contributed by atoms with Gasteiger partial charge in [0.1, 0.15) is 11.4 Å². The monoisotopic (exact) mass is 457 g/mol. The van der Waals surface area contributed by atoms with Crippen LogP contribution in [0.15, 0.2) is 66.7 Å². The number of amides is 2. The van der Waals surface area contributed by atoms with Gasteiger partial charge in [0, 0.05) is 31.3 Å². The van der Waals surface area contributed by atoms with Gasteiger partial charge < -0.3 is 9.64 Å². The van der Waals surface area contributed by atoms with E-state index in [-0.39, 0.29) is 18.1 Å². The van der Waals surface area contributed by atoms with Crippen LogP contribution in [0.4, 0.5) is 11.4 Å². The van der Waals surface area contributed by atoms with E-state index in [1.807, 2.05) is 0 Å². The Balaban J connectivity index is 1.78. The van der Waals surface area contributed by atoms with E-state index in [4.69, 9.17) is 4.74 Å². The van der Waals surface area contributed by atoms with Gasteiger partial charge in [0.15, 0.2) is 0 Å². The molecule has 3 aromatic rings. The minimum Gasteiger partial charge on any atom is -0.497 e. The Labute approximate surface area is 196 Å². The molecular weight excluding hydrogens is 434 g/mol. The molecule has 1 aliphatic rings. The van der Waals surface area contributed by atoms with Gasteiger partial charge in [0.2, 0.25) is 0 Å². The third-order valence-electron chi connectivity index (χ3n) is 5.66. The Kier molecular flexibility index (Phi) is 6.14. The minimum atomic E-state index is -0.459. The Morgan fingerprint density at radius 3 is 2.26 bits per heavy atom. The number of nitro benzene ring substituents is 1. The van der Waals surface area contributed by atoms with E-state index in [1.54, 1.807) is 92.8 Å². The molecular formula is C26H23N3O5. The molecule has 8 heteroatoms. The van der Waals surface area contributed by atoms with E-state index < -0.39 is 10.8 Å². The Morgan fingerprint density at radius 2 is 1.65 bits per heavy atom. The van der Waals surface area contributed by atoms with Crippen molar-refractivity contribution in [3.63, 3.8) is 0 Å². The number of carbonyl (C=O) groups excluding carboxylic acids is 2. The molecule has 8 nitrogen and oxygen atoms in total. The van der Waals surface area contributed by atoms with E-state index in [0.29, 0.717) is 33.7 Å². The molecule has 0 unspecified atom stereocenters. The van der Waals surface area contributed by atoms with Gasteiger partial charge in [-0.3, -0.25) is 24.6 Å². The van der Waals surface area contributed by atoms with Crippen molar-refractivity contribution < 1.29 is 19.2 Å². The second-order valence-corrected chi connectivity index (χ2v) is 8.05. The molecule has 34 heavy (non-hydrogen) atoms. The number of hydrogen-bond donors (Lipinski definition) is 0. The van der Waals surface area contributed by atoms with Crippen molar-refractivity contribution in [1.29, 1.82) is 0 Å². The van der Waals surface area contributed by atoms with Gasteiger partial charge in [-0.1, -0.05) is 36.4 Å². The highest BCUT2D eigenvalue weighted by molar-refractivity contribution is 6.33. The summed E-state index contributed by atoms with van der Waals surface area (Å²) in [6, 6.07) is 18.8. The lowest BCUT2D eigenvalue weighted by atomic mass is 9.91. The molecule has 0 saturated carbocycles. The van der Waals surface area contributed by atoms with Crippen LogP contribution in [0.2, 0.25) is 0 Å². The highest BCUT2D eigenvalue weighted by Gasteiger charge is 2.34. The molecule has 0 radical (unpaired) electrons. The molecule has 0 atom stereocenters. The van der Waals surface area contributed by atoms with Crippen LogP contribution in [-0.4, -0.2) is 42.8 Å². The number of methoxy groups -OCH3 is 1.